The largest absolute Gasteiger partial charge is 0.389 e. The van der Waals surface area contributed by atoms with Gasteiger partial charge in [-0.2, -0.15) is 0 Å². The van der Waals surface area contributed by atoms with E-state index in [0.717, 1.165) is 23.7 Å². The molecule has 2 rings (SSSR count). The van der Waals surface area contributed by atoms with Crippen LogP contribution in [0, 0.1) is 5.92 Å². The van der Waals surface area contributed by atoms with Gasteiger partial charge in [-0.1, -0.05) is 30.7 Å². The SMILES string of the molecule is CC1CC(C)N(c2ccc(C(N)=S)c(Cl)c2)C1. The number of benzene rings is 1. The van der Waals surface area contributed by atoms with E-state index in [1.54, 1.807) is 0 Å². The van der Waals surface area contributed by atoms with Crippen molar-refractivity contribution in [3.8, 4) is 0 Å². The first-order valence-corrected chi connectivity index (χ1v) is 6.63. The van der Waals surface area contributed by atoms with E-state index in [-0.39, 0.29) is 0 Å². The molecule has 2 atom stereocenters. The maximum Gasteiger partial charge on any atom is 0.105 e. The molecule has 0 radical (unpaired) electrons. The molecule has 0 aromatic heterocycles. The number of nitrogens with zero attached hydrogens (tertiary/aromatic N) is 1. The minimum Gasteiger partial charge on any atom is -0.389 e. The van der Waals surface area contributed by atoms with E-state index in [1.807, 2.05) is 12.1 Å². The number of nitrogens with two attached hydrogens (primary N) is 1. The minimum atomic E-state index is 0.351. The van der Waals surface area contributed by atoms with Gasteiger partial charge in [0.25, 0.3) is 0 Å². The summed E-state index contributed by atoms with van der Waals surface area (Å²) in [5.41, 5.74) is 7.51. The number of rotatable bonds is 2. The second kappa shape index (κ2) is 4.83. The summed E-state index contributed by atoms with van der Waals surface area (Å²) in [6.07, 6.45) is 1.23. The predicted octanol–water partition coefficient (Wildman–Crippen LogP) is 3.21. The van der Waals surface area contributed by atoms with Gasteiger partial charge < -0.3 is 10.6 Å². The molecule has 0 amide bonds. The summed E-state index contributed by atoms with van der Waals surface area (Å²) >= 11 is 11.1. The highest BCUT2D eigenvalue weighted by Gasteiger charge is 2.26. The van der Waals surface area contributed by atoms with Crippen molar-refractivity contribution < 1.29 is 0 Å². The Morgan fingerprint density at radius 2 is 2.18 bits per heavy atom. The summed E-state index contributed by atoms with van der Waals surface area (Å²) in [6.45, 7) is 5.62. The second-order valence-corrected chi connectivity index (χ2v) is 5.72. The number of hydrogen-bond donors (Lipinski definition) is 1. The first kappa shape index (κ1) is 12.7. The Morgan fingerprint density at radius 3 is 2.65 bits per heavy atom. The van der Waals surface area contributed by atoms with Gasteiger partial charge in [0.2, 0.25) is 0 Å². The van der Waals surface area contributed by atoms with Gasteiger partial charge in [-0.3, -0.25) is 0 Å². The molecule has 1 aliphatic rings. The molecule has 0 saturated carbocycles. The van der Waals surface area contributed by atoms with Crippen molar-refractivity contribution in [3.05, 3.63) is 28.8 Å². The summed E-state index contributed by atoms with van der Waals surface area (Å²) < 4.78 is 0. The monoisotopic (exact) mass is 268 g/mol. The van der Waals surface area contributed by atoms with Gasteiger partial charge in [0.05, 0.1) is 5.02 Å². The molecule has 0 aliphatic carbocycles. The highest BCUT2D eigenvalue weighted by atomic mass is 35.5. The first-order chi connectivity index (χ1) is 7.99. The molecule has 17 heavy (non-hydrogen) atoms. The Morgan fingerprint density at radius 1 is 1.47 bits per heavy atom. The van der Waals surface area contributed by atoms with Crippen LogP contribution in [0.25, 0.3) is 0 Å². The quantitative estimate of drug-likeness (QED) is 0.836. The van der Waals surface area contributed by atoms with E-state index in [4.69, 9.17) is 29.6 Å². The van der Waals surface area contributed by atoms with E-state index >= 15 is 0 Å². The zero-order chi connectivity index (χ0) is 12.6. The van der Waals surface area contributed by atoms with Crippen LogP contribution in [0.4, 0.5) is 5.69 Å². The fourth-order valence-corrected chi connectivity index (χ4v) is 3.05. The third-order valence-electron chi connectivity index (χ3n) is 3.33. The van der Waals surface area contributed by atoms with Gasteiger partial charge in [0, 0.05) is 23.8 Å². The number of anilines is 1. The minimum absolute atomic E-state index is 0.351. The van der Waals surface area contributed by atoms with Crippen molar-refractivity contribution >= 4 is 34.5 Å². The summed E-state index contributed by atoms with van der Waals surface area (Å²) in [5, 5.41) is 0.641. The van der Waals surface area contributed by atoms with Crippen molar-refractivity contribution in [3.63, 3.8) is 0 Å². The highest BCUT2D eigenvalue weighted by Crippen LogP contribution is 2.31. The Bertz CT molecular complexity index is 447. The molecular formula is C13H17ClN2S. The molecule has 1 aliphatic heterocycles. The maximum absolute atomic E-state index is 6.19. The van der Waals surface area contributed by atoms with E-state index < -0.39 is 0 Å². The molecule has 4 heteroatoms. The highest BCUT2D eigenvalue weighted by molar-refractivity contribution is 7.80. The van der Waals surface area contributed by atoms with Crippen molar-refractivity contribution in [2.24, 2.45) is 11.7 Å². The Kier molecular flexibility index (Phi) is 3.59. The molecule has 2 unspecified atom stereocenters. The lowest BCUT2D eigenvalue weighted by atomic mass is 10.1. The van der Waals surface area contributed by atoms with E-state index in [9.17, 15) is 0 Å². The molecule has 2 N–H and O–H groups in total. The van der Waals surface area contributed by atoms with Crippen LogP contribution in [0.15, 0.2) is 18.2 Å². The first-order valence-electron chi connectivity index (χ1n) is 5.85. The van der Waals surface area contributed by atoms with E-state index in [0.29, 0.717) is 16.1 Å². The van der Waals surface area contributed by atoms with Crippen LogP contribution in [-0.4, -0.2) is 17.6 Å². The average Bonchev–Trinajstić information content (AvgIpc) is 2.57. The third-order valence-corrected chi connectivity index (χ3v) is 3.87. The molecule has 1 heterocycles. The van der Waals surface area contributed by atoms with Crippen molar-refractivity contribution in [2.45, 2.75) is 26.3 Å². The van der Waals surface area contributed by atoms with Crippen molar-refractivity contribution in [1.29, 1.82) is 0 Å². The lowest BCUT2D eigenvalue weighted by Crippen LogP contribution is -2.26. The maximum atomic E-state index is 6.19. The zero-order valence-electron chi connectivity index (χ0n) is 10.1. The molecule has 92 valence electrons. The summed E-state index contributed by atoms with van der Waals surface area (Å²) in [5.74, 6) is 0.735. The summed E-state index contributed by atoms with van der Waals surface area (Å²) in [4.78, 5) is 2.74. The Balaban J connectivity index is 2.29. The van der Waals surface area contributed by atoms with Crippen LogP contribution >= 0.6 is 23.8 Å². The Hall–Kier alpha value is -0.800. The number of halogens is 1. The lowest BCUT2D eigenvalue weighted by molar-refractivity contribution is 0.625. The van der Waals surface area contributed by atoms with Crippen LogP contribution in [0.1, 0.15) is 25.8 Å². The molecule has 1 aromatic rings. The molecule has 1 fully saturated rings. The van der Waals surface area contributed by atoms with Crippen LogP contribution in [0.5, 0.6) is 0 Å². The molecule has 0 spiro atoms. The van der Waals surface area contributed by atoms with Gasteiger partial charge >= 0.3 is 0 Å². The van der Waals surface area contributed by atoms with E-state index in [1.165, 1.54) is 6.42 Å². The molecule has 0 bridgehead atoms. The fraction of sp³-hybridized carbons (Fsp3) is 0.462. The third kappa shape index (κ3) is 2.55. The van der Waals surface area contributed by atoms with Gasteiger partial charge in [-0.15, -0.1) is 0 Å². The van der Waals surface area contributed by atoms with Crippen molar-refractivity contribution in [1.82, 2.24) is 0 Å². The van der Waals surface area contributed by atoms with Crippen LogP contribution in [0.3, 0.4) is 0 Å². The zero-order valence-corrected chi connectivity index (χ0v) is 11.7. The second-order valence-electron chi connectivity index (χ2n) is 4.87. The average molecular weight is 269 g/mol. The smallest absolute Gasteiger partial charge is 0.105 e. The molecule has 1 saturated heterocycles. The van der Waals surface area contributed by atoms with Crippen molar-refractivity contribution in [2.75, 3.05) is 11.4 Å². The fourth-order valence-electron chi connectivity index (χ4n) is 2.54. The van der Waals surface area contributed by atoms with Gasteiger partial charge in [-0.05, 0) is 37.5 Å². The summed E-state index contributed by atoms with van der Waals surface area (Å²) in [7, 11) is 0. The number of hydrogen-bond acceptors (Lipinski definition) is 2. The molecular weight excluding hydrogens is 252 g/mol. The molecule has 2 nitrogen and oxygen atoms in total. The number of thiocarbonyl (C=S) groups is 1. The van der Waals surface area contributed by atoms with Crippen LogP contribution in [0.2, 0.25) is 5.02 Å². The van der Waals surface area contributed by atoms with Crippen LogP contribution < -0.4 is 10.6 Å². The lowest BCUT2D eigenvalue weighted by Gasteiger charge is -2.24. The van der Waals surface area contributed by atoms with Gasteiger partial charge in [0.15, 0.2) is 0 Å². The topological polar surface area (TPSA) is 29.3 Å². The van der Waals surface area contributed by atoms with Gasteiger partial charge in [0.1, 0.15) is 4.99 Å². The summed E-state index contributed by atoms with van der Waals surface area (Å²) in [6, 6.07) is 6.49. The standard InChI is InChI=1S/C13H17ClN2S/c1-8-5-9(2)16(7-8)10-3-4-11(13(15)17)12(14)6-10/h3-4,6,8-9H,5,7H2,1-2H3,(H2,15,17). The molecule has 1 aromatic carbocycles. The van der Waals surface area contributed by atoms with Gasteiger partial charge in [-0.25, -0.2) is 0 Å². The predicted molar refractivity (Wildman–Crippen MR) is 77.9 cm³/mol. The van der Waals surface area contributed by atoms with Crippen LogP contribution in [-0.2, 0) is 0 Å². The Labute approximate surface area is 113 Å². The van der Waals surface area contributed by atoms with E-state index in [2.05, 4.69) is 24.8 Å². The normalized spacial score (nSPS) is 24.1.